The quantitative estimate of drug-likeness (QED) is 0.767. The van der Waals surface area contributed by atoms with Crippen molar-refractivity contribution in [1.82, 2.24) is 9.80 Å². The summed E-state index contributed by atoms with van der Waals surface area (Å²) in [6, 6.07) is 0.697. The van der Waals surface area contributed by atoms with Gasteiger partial charge in [-0.2, -0.15) is 0 Å². The van der Waals surface area contributed by atoms with Gasteiger partial charge in [-0.1, -0.05) is 6.42 Å². The molecule has 0 aromatic heterocycles. The predicted octanol–water partition coefficient (Wildman–Crippen LogP) is 1.15. The highest BCUT2D eigenvalue weighted by Gasteiger charge is 2.31. The molecule has 3 aliphatic rings. The molecule has 108 valence electrons. The lowest BCUT2D eigenvalue weighted by atomic mass is 9.87. The fourth-order valence-electron chi connectivity index (χ4n) is 3.78. The van der Waals surface area contributed by atoms with Crippen LogP contribution in [0, 0.1) is 5.92 Å². The smallest absolute Gasteiger partial charge is 0.137 e. The highest BCUT2D eigenvalue weighted by atomic mass is 16.5. The molecule has 4 heteroatoms. The number of Topliss-reactive ketones (excluding diaryl/α,β-unsaturated/α-hetero) is 1. The molecule has 2 aliphatic heterocycles. The summed E-state index contributed by atoms with van der Waals surface area (Å²) >= 11 is 0. The van der Waals surface area contributed by atoms with Gasteiger partial charge in [-0.15, -0.1) is 0 Å². The van der Waals surface area contributed by atoms with Crippen molar-refractivity contribution in [2.24, 2.45) is 5.92 Å². The number of hydrogen-bond donors (Lipinski definition) is 0. The third-order valence-electron chi connectivity index (χ3n) is 4.97. The fourth-order valence-corrected chi connectivity index (χ4v) is 3.78. The van der Waals surface area contributed by atoms with Gasteiger partial charge in [-0.25, -0.2) is 0 Å². The Bertz CT molecular complexity index is 315. The average molecular weight is 266 g/mol. The average Bonchev–Trinajstić information content (AvgIpc) is 2.91. The van der Waals surface area contributed by atoms with Gasteiger partial charge in [0.25, 0.3) is 0 Å². The van der Waals surface area contributed by atoms with Crippen LogP contribution in [-0.4, -0.2) is 67.6 Å². The highest BCUT2D eigenvalue weighted by Crippen LogP contribution is 2.24. The van der Waals surface area contributed by atoms with Gasteiger partial charge < -0.3 is 9.64 Å². The molecular formula is C15H26N2O2. The molecule has 3 fully saturated rings. The van der Waals surface area contributed by atoms with E-state index in [-0.39, 0.29) is 0 Å². The Hall–Kier alpha value is -0.450. The third-order valence-corrected chi connectivity index (χ3v) is 4.97. The Morgan fingerprint density at radius 1 is 1.11 bits per heavy atom. The van der Waals surface area contributed by atoms with E-state index in [4.69, 9.17) is 4.74 Å². The third kappa shape index (κ3) is 3.36. The van der Waals surface area contributed by atoms with Crippen LogP contribution in [-0.2, 0) is 9.53 Å². The van der Waals surface area contributed by atoms with Gasteiger partial charge in [0.1, 0.15) is 5.78 Å². The SMILES string of the molecule is O=C1CCCCC1CN1CCC(N2CCOCC2)C1. The molecule has 0 bridgehead atoms. The summed E-state index contributed by atoms with van der Waals surface area (Å²) in [5.41, 5.74) is 0. The monoisotopic (exact) mass is 266 g/mol. The van der Waals surface area contributed by atoms with E-state index < -0.39 is 0 Å². The highest BCUT2D eigenvalue weighted by molar-refractivity contribution is 5.81. The zero-order chi connectivity index (χ0) is 13.1. The van der Waals surface area contributed by atoms with Crippen LogP contribution in [0.25, 0.3) is 0 Å². The Balaban J connectivity index is 1.47. The standard InChI is InChI=1S/C15H26N2O2/c18-15-4-2-1-3-13(15)11-16-6-5-14(12-16)17-7-9-19-10-8-17/h13-14H,1-12H2. The second-order valence-corrected chi connectivity index (χ2v) is 6.26. The van der Waals surface area contributed by atoms with Crippen molar-refractivity contribution >= 4 is 5.78 Å². The summed E-state index contributed by atoms with van der Waals surface area (Å²) in [6.07, 6.45) is 5.58. The van der Waals surface area contributed by atoms with E-state index in [2.05, 4.69) is 9.80 Å². The van der Waals surface area contributed by atoms with Gasteiger partial charge in [-0.3, -0.25) is 9.69 Å². The van der Waals surface area contributed by atoms with E-state index in [0.717, 1.165) is 58.7 Å². The Morgan fingerprint density at radius 2 is 1.95 bits per heavy atom. The van der Waals surface area contributed by atoms with Gasteiger partial charge in [0.15, 0.2) is 0 Å². The van der Waals surface area contributed by atoms with Crippen molar-refractivity contribution in [2.45, 2.75) is 38.1 Å². The van der Waals surface area contributed by atoms with Gasteiger partial charge in [0.05, 0.1) is 13.2 Å². The molecule has 2 unspecified atom stereocenters. The second kappa shape index (κ2) is 6.33. The number of morpholine rings is 1. The number of hydrogen-bond acceptors (Lipinski definition) is 4. The Labute approximate surface area is 116 Å². The van der Waals surface area contributed by atoms with Crippen LogP contribution in [0.3, 0.4) is 0 Å². The summed E-state index contributed by atoms with van der Waals surface area (Å²) in [4.78, 5) is 17.0. The molecule has 0 N–H and O–H groups in total. The lowest BCUT2D eigenvalue weighted by molar-refractivity contribution is -0.125. The van der Waals surface area contributed by atoms with E-state index in [9.17, 15) is 4.79 Å². The number of rotatable bonds is 3. The van der Waals surface area contributed by atoms with Gasteiger partial charge in [0, 0.05) is 44.6 Å². The maximum absolute atomic E-state index is 11.9. The van der Waals surface area contributed by atoms with Crippen LogP contribution >= 0.6 is 0 Å². The van der Waals surface area contributed by atoms with E-state index in [0.29, 0.717) is 17.7 Å². The first-order valence-corrected chi connectivity index (χ1v) is 7.90. The van der Waals surface area contributed by atoms with Crippen molar-refractivity contribution < 1.29 is 9.53 Å². The van der Waals surface area contributed by atoms with Crippen molar-refractivity contribution in [3.63, 3.8) is 0 Å². The lowest BCUT2D eigenvalue weighted by Crippen LogP contribution is -2.45. The molecule has 2 heterocycles. The van der Waals surface area contributed by atoms with Crippen LogP contribution in [0.5, 0.6) is 0 Å². The van der Waals surface area contributed by atoms with Crippen molar-refractivity contribution in [2.75, 3.05) is 45.9 Å². The van der Waals surface area contributed by atoms with E-state index in [1.807, 2.05) is 0 Å². The minimum absolute atomic E-state index is 0.331. The number of likely N-dealkylation sites (tertiary alicyclic amines) is 1. The lowest BCUT2D eigenvalue weighted by Gasteiger charge is -2.32. The number of carbonyl (C=O) groups is 1. The minimum atomic E-state index is 0.331. The maximum Gasteiger partial charge on any atom is 0.137 e. The first-order chi connectivity index (χ1) is 9.33. The van der Waals surface area contributed by atoms with Crippen LogP contribution in [0.1, 0.15) is 32.1 Å². The molecule has 19 heavy (non-hydrogen) atoms. The molecule has 4 nitrogen and oxygen atoms in total. The van der Waals surface area contributed by atoms with Crippen molar-refractivity contribution in [3.8, 4) is 0 Å². The van der Waals surface area contributed by atoms with Gasteiger partial charge in [0.2, 0.25) is 0 Å². The molecule has 0 aromatic carbocycles. The first-order valence-electron chi connectivity index (χ1n) is 7.90. The van der Waals surface area contributed by atoms with Gasteiger partial charge >= 0.3 is 0 Å². The zero-order valence-electron chi connectivity index (χ0n) is 11.9. The molecule has 0 amide bonds. The van der Waals surface area contributed by atoms with E-state index in [1.165, 1.54) is 19.4 Å². The molecule has 0 spiro atoms. The van der Waals surface area contributed by atoms with Crippen LogP contribution < -0.4 is 0 Å². The first kappa shape index (κ1) is 13.5. The zero-order valence-corrected chi connectivity index (χ0v) is 11.9. The Morgan fingerprint density at radius 3 is 2.74 bits per heavy atom. The van der Waals surface area contributed by atoms with Gasteiger partial charge in [-0.05, 0) is 25.8 Å². The summed E-state index contributed by atoms with van der Waals surface area (Å²) in [5, 5.41) is 0. The summed E-state index contributed by atoms with van der Waals surface area (Å²) in [5.74, 6) is 0.846. The molecule has 0 radical (unpaired) electrons. The van der Waals surface area contributed by atoms with Crippen LogP contribution in [0.4, 0.5) is 0 Å². The van der Waals surface area contributed by atoms with E-state index >= 15 is 0 Å². The fraction of sp³-hybridized carbons (Fsp3) is 0.933. The summed E-state index contributed by atoms with van der Waals surface area (Å²) in [7, 11) is 0. The molecular weight excluding hydrogens is 240 g/mol. The predicted molar refractivity (Wildman–Crippen MR) is 74.2 cm³/mol. The normalized spacial score (nSPS) is 34.8. The second-order valence-electron chi connectivity index (χ2n) is 6.26. The molecule has 2 saturated heterocycles. The van der Waals surface area contributed by atoms with Crippen molar-refractivity contribution in [1.29, 1.82) is 0 Å². The minimum Gasteiger partial charge on any atom is -0.379 e. The van der Waals surface area contributed by atoms with Crippen molar-refractivity contribution in [3.05, 3.63) is 0 Å². The number of nitrogens with zero attached hydrogens (tertiary/aromatic N) is 2. The molecule has 1 aliphatic carbocycles. The number of carbonyl (C=O) groups excluding carboxylic acids is 1. The van der Waals surface area contributed by atoms with Crippen LogP contribution in [0.2, 0.25) is 0 Å². The maximum atomic E-state index is 11.9. The summed E-state index contributed by atoms with van der Waals surface area (Å²) < 4.78 is 5.42. The molecule has 0 aromatic rings. The number of ether oxygens (including phenoxy) is 1. The molecule has 2 atom stereocenters. The largest absolute Gasteiger partial charge is 0.379 e. The Kier molecular flexibility index (Phi) is 4.51. The molecule has 3 rings (SSSR count). The topological polar surface area (TPSA) is 32.8 Å². The molecule has 1 saturated carbocycles. The summed E-state index contributed by atoms with van der Waals surface area (Å²) in [6.45, 7) is 7.28. The van der Waals surface area contributed by atoms with Crippen LogP contribution in [0.15, 0.2) is 0 Å². The number of ketones is 1. The van der Waals surface area contributed by atoms with E-state index in [1.54, 1.807) is 0 Å².